The summed E-state index contributed by atoms with van der Waals surface area (Å²) in [7, 11) is 0. The first-order chi connectivity index (χ1) is 9.60. The highest BCUT2D eigenvalue weighted by atomic mass is 16.5. The normalized spacial score (nSPS) is 15.1. The minimum Gasteiger partial charge on any atom is -0.508 e. The van der Waals surface area contributed by atoms with E-state index in [1.54, 1.807) is 24.3 Å². The maximum Gasteiger partial charge on any atom is 0.135 e. The molecule has 0 aromatic heterocycles. The van der Waals surface area contributed by atoms with Crippen LogP contribution in [0.2, 0.25) is 0 Å². The van der Waals surface area contributed by atoms with E-state index < -0.39 is 0 Å². The van der Waals surface area contributed by atoms with Gasteiger partial charge in [-0.3, -0.25) is 0 Å². The fourth-order valence-corrected chi connectivity index (χ4v) is 3.26. The molecule has 1 aliphatic rings. The molecule has 1 heterocycles. The number of hydrogen-bond donors (Lipinski definition) is 2. The average Bonchev–Trinajstić information content (AvgIpc) is 2.44. The molecule has 2 aromatic carbocycles. The van der Waals surface area contributed by atoms with Gasteiger partial charge in [0.2, 0.25) is 0 Å². The Labute approximate surface area is 118 Å². The van der Waals surface area contributed by atoms with Crippen molar-refractivity contribution < 1.29 is 14.9 Å². The number of hydrogen-bond acceptors (Lipinski definition) is 3. The second kappa shape index (κ2) is 4.44. The van der Waals surface area contributed by atoms with Gasteiger partial charge in [0.05, 0.1) is 0 Å². The highest BCUT2D eigenvalue weighted by Gasteiger charge is 2.39. The number of phenols is 2. The maximum absolute atomic E-state index is 9.68. The van der Waals surface area contributed by atoms with E-state index in [1.165, 1.54) is 0 Å². The van der Waals surface area contributed by atoms with E-state index in [1.807, 2.05) is 12.1 Å². The van der Waals surface area contributed by atoms with Crippen LogP contribution >= 0.6 is 0 Å². The molecule has 20 heavy (non-hydrogen) atoms. The third kappa shape index (κ3) is 1.66. The van der Waals surface area contributed by atoms with Crippen LogP contribution < -0.4 is 4.74 Å². The molecule has 0 atom stereocenters. The predicted molar refractivity (Wildman–Crippen MR) is 77.6 cm³/mol. The molecule has 0 bridgehead atoms. The lowest BCUT2D eigenvalue weighted by Gasteiger charge is -2.39. The van der Waals surface area contributed by atoms with Crippen LogP contribution in [0, 0.1) is 0 Å². The Hall–Kier alpha value is -2.16. The van der Waals surface area contributed by atoms with Crippen LogP contribution in [0.15, 0.2) is 36.4 Å². The lowest BCUT2D eigenvalue weighted by Crippen LogP contribution is -2.29. The minimum absolute atomic E-state index is 0.135. The highest BCUT2D eigenvalue weighted by Crippen LogP contribution is 2.52. The van der Waals surface area contributed by atoms with Crippen molar-refractivity contribution in [2.24, 2.45) is 0 Å². The van der Waals surface area contributed by atoms with Gasteiger partial charge in [0.25, 0.3) is 0 Å². The van der Waals surface area contributed by atoms with Gasteiger partial charge in [0, 0.05) is 28.7 Å². The Morgan fingerprint density at radius 1 is 0.850 bits per heavy atom. The summed E-state index contributed by atoms with van der Waals surface area (Å²) in [5.74, 6) is 1.72. The van der Waals surface area contributed by atoms with Gasteiger partial charge in [0.15, 0.2) is 0 Å². The van der Waals surface area contributed by atoms with E-state index in [2.05, 4.69) is 13.8 Å². The van der Waals surface area contributed by atoms with Crippen molar-refractivity contribution in [3.63, 3.8) is 0 Å². The molecule has 0 aliphatic carbocycles. The Kier molecular flexibility index (Phi) is 2.85. The van der Waals surface area contributed by atoms with Crippen LogP contribution in [-0.4, -0.2) is 10.2 Å². The molecule has 104 valence electrons. The van der Waals surface area contributed by atoms with E-state index in [0.717, 1.165) is 24.0 Å². The number of benzene rings is 2. The topological polar surface area (TPSA) is 49.7 Å². The van der Waals surface area contributed by atoms with Crippen molar-refractivity contribution >= 4 is 0 Å². The van der Waals surface area contributed by atoms with Crippen molar-refractivity contribution in [3.05, 3.63) is 47.5 Å². The number of rotatable bonds is 2. The first kappa shape index (κ1) is 12.9. The van der Waals surface area contributed by atoms with Crippen LogP contribution in [0.4, 0.5) is 0 Å². The van der Waals surface area contributed by atoms with Crippen molar-refractivity contribution in [1.82, 2.24) is 0 Å². The lowest BCUT2D eigenvalue weighted by atomic mass is 9.69. The maximum atomic E-state index is 9.68. The Morgan fingerprint density at radius 2 is 1.30 bits per heavy atom. The van der Waals surface area contributed by atoms with E-state index >= 15 is 0 Å². The lowest BCUT2D eigenvalue weighted by molar-refractivity contribution is 0.367. The van der Waals surface area contributed by atoms with Crippen LogP contribution in [0.25, 0.3) is 0 Å². The molecule has 0 spiro atoms. The Bertz CT molecular complexity index is 604. The molecule has 3 heteroatoms. The van der Waals surface area contributed by atoms with Crippen molar-refractivity contribution in [3.8, 4) is 23.0 Å². The second-order valence-corrected chi connectivity index (χ2v) is 5.25. The summed E-state index contributed by atoms with van der Waals surface area (Å²) < 4.78 is 5.88. The van der Waals surface area contributed by atoms with Crippen LogP contribution in [0.5, 0.6) is 23.0 Å². The zero-order chi connectivity index (χ0) is 14.3. The molecule has 2 N–H and O–H groups in total. The Morgan fingerprint density at radius 3 is 1.70 bits per heavy atom. The zero-order valence-electron chi connectivity index (χ0n) is 11.7. The summed E-state index contributed by atoms with van der Waals surface area (Å²) in [4.78, 5) is 0. The SMILES string of the molecule is CCC1(CC)c2ccc(O)cc2Oc2cc(O)ccc21. The summed E-state index contributed by atoms with van der Waals surface area (Å²) in [6.45, 7) is 4.31. The fraction of sp³-hybridized carbons (Fsp3) is 0.294. The van der Waals surface area contributed by atoms with Crippen molar-refractivity contribution in [2.75, 3.05) is 0 Å². The summed E-state index contributed by atoms with van der Waals surface area (Å²) in [5, 5.41) is 19.4. The van der Waals surface area contributed by atoms with Gasteiger partial charge in [-0.05, 0) is 25.0 Å². The molecule has 0 saturated carbocycles. The molecule has 2 aromatic rings. The number of aromatic hydroxyl groups is 2. The van der Waals surface area contributed by atoms with Crippen LogP contribution in [-0.2, 0) is 5.41 Å². The molecule has 0 saturated heterocycles. The molecule has 1 aliphatic heterocycles. The predicted octanol–water partition coefficient (Wildman–Crippen LogP) is 4.31. The molecule has 3 nitrogen and oxygen atoms in total. The van der Waals surface area contributed by atoms with E-state index in [0.29, 0.717) is 11.5 Å². The third-order valence-electron chi connectivity index (χ3n) is 4.39. The first-order valence-corrected chi connectivity index (χ1v) is 6.95. The highest BCUT2D eigenvalue weighted by molar-refractivity contribution is 5.60. The number of fused-ring (bicyclic) bond motifs is 2. The average molecular weight is 270 g/mol. The molecule has 0 unspecified atom stereocenters. The third-order valence-corrected chi connectivity index (χ3v) is 4.39. The number of phenolic OH excluding ortho intramolecular Hbond substituents is 2. The minimum atomic E-state index is -0.135. The zero-order valence-corrected chi connectivity index (χ0v) is 11.7. The van der Waals surface area contributed by atoms with Crippen molar-refractivity contribution in [2.45, 2.75) is 32.1 Å². The molecule has 0 radical (unpaired) electrons. The largest absolute Gasteiger partial charge is 0.508 e. The van der Waals surface area contributed by atoms with E-state index in [9.17, 15) is 10.2 Å². The van der Waals surface area contributed by atoms with Gasteiger partial charge in [-0.1, -0.05) is 26.0 Å². The number of ether oxygens (including phenoxy) is 1. The van der Waals surface area contributed by atoms with Gasteiger partial charge in [0.1, 0.15) is 23.0 Å². The monoisotopic (exact) mass is 270 g/mol. The molecular formula is C17H18O3. The standard InChI is InChI=1S/C17H18O3/c1-3-17(4-2)13-7-5-11(18)9-15(13)20-16-10-12(19)6-8-14(16)17/h5-10,18-19H,3-4H2,1-2H3. The molecule has 0 fully saturated rings. The Balaban J connectivity index is 2.30. The smallest absolute Gasteiger partial charge is 0.135 e. The summed E-state index contributed by atoms with van der Waals surface area (Å²) in [5.41, 5.74) is 2.06. The van der Waals surface area contributed by atoms with Gasteiger partial charge < -0.3 is 14.9 Å². The summed E-state index contributed by atoms with van der Waals surface area (Å²) >= 11 is 0. The summed E-state index contributed by atoms with van der Waals surface area (Å²) in [6, 6.07) is 10.6. The van der Waals surface area contributed by atoms with Crippen LogP contribution in [0.3, 0.4) is 0 Å². The van der Waals surface area contributed by atoms with Crippen LogP contribution in [0.1, 0.15) is 37.8 Å². The molecular weight excluding hydrogens is 252 g/mol. The van der Waals surface area contributed by atoms with E-state index in [-0.39, 0.29) is 16.9 Å². The van der Waals surface area contributed by atoms with Gasteiger partial charge in [-0.15, -0.1) is 0 Å². The van der Waals surface area contributed by atoms with Gasteiger partial charge >= 0.3 is 0 Å². The molecule has 3 rings (SSSR count). The first-order valence-electron chi connectivity index (χ1n) is 6.95. The van der Waals surface area contributed by atoms with Gasteiger partial charge in [-0.2, -0.15) is 0 Å². The van der Waals surface area contributed by atoms with Crippen molar-refractivity contribution in [1.29, 1.82) is 0 Å². The van der Waals surface area contributed by atoms with E-state index in [4.69, 9.17) is 4.74 Å². The second-order valence-electron chi connectivity index (χ2n) is 5.25. The fourth-order valence-electron chi connectivity index (χ4n) is 3.26. The molecule has 0 amide bonds. The summed E-state index contributed by atoms with van der Waals surface area (Å²) in [6.07, 6.45) is 1.87. The van der Waals surface area contributed by atoms with Gasteiger partial charge in [-0.25, -0.2) is 0 Å². The quantitative estimate of drug-likeness (QED) is 0.855.